The lowest BCUT2D eigenvalue weighted by molar-refractivity contribution is -0.384. The molecule has 0 N–H and O–H groups in total. The molecule has 1 aromatic carbocycles. The third kappa shape index (κ3) is 4.32. The predicted octanol–water partition coefficient (Wildman–Crippen LogP) is 2.85. The van der Waals surface area contributed by atoms with Gasteiger partial charge in [-0.15, -0.1) is 0 Å². The maximum Gasteiger partial charge on any atom is 0.393 e. The lowest BCUT2D eigenvalue weighted by Gasteiger charge is -2.34. The number of alkyl halides is 3. The molecule has 7 nitrogen and oxygen atoms in total. The van der Waals surface area contributed by atoms with Gasteiger partial charge in [0.25, 0.3) is 11.6 Å². The number of amides is 1. The Labute approximate surface area is 153 Å². The van der Waals surface area contributed by atoms with Crippen molar-refractivity contribution >= 4 is 17.3 Å². The van der Waals surface area contributed by atoms with E-state index in [0.29, 0.717) is 32.0 Å². The van der Waals surface area contributed by atoms with Gasteiger partial charge in [-0.3, -0.25) is 14.9 Å². The summed E-state index contributed by atoms with van der Waals surface area (Å²) in [5, 5.41) is 11.5. The Hall–Kier alpha value is -2.36. The number of anilines is 1. The van der Waals surface area contributed by atoms with Crippen molar-refractivity contribution in [3.63, 3.8) is 0 Å². The largest absolute Gasteiger partial charge is 0.393 e. The molecule has 148 valence electrons. The van der Waals surface area contributed by atoms with Crippen molar-refractivity contribution in [2.24, 2.45) is 5.92 Å². The molecule has 0 unspecified atom stereocenters. The number of nitro groups is 1. The first-order valence-electron chi connectivity index (χ1n) is 8.74. The minimum Gasteiger partial charge on any atom is -0.378 e. The second-order valence-electron chi connectivity index (χ2n) is 6.69. The van der Waals surface area contributed by atoms with E-state index < -0.39 is 29.5 Å². The number of hydrogen-bond donors (Lipinski definition) is 0. The summed E-state index contributed by atoms with van der Waals surface area (Å²) in [6.07, 6.45) is -4.11. The third-order valence-corrected chi connectivity index (χ3v) is 4.94. The van der Waals surface area contributed by atoms with E-state index >= 15 is 0 Å². The molecule has 1 amide bonds. The fraction of sp³-hybridized carbons (Fsp3) is 0.588. The van der Waals surface area contributed by atoms with E-state index in [1.807, 2.05) is 0 Å². The highest BCUT2D eigenvalue weighted by Gasteiger charge is 2.43. The summed E-state index contributed by atoms with van der Waals surface area (Å²) in [5.41, 5.74) is 0.181. The molecule has 0 radical (unpaired) electrons. The Kier molecular flexibility index (Phi) is 5.54. The van der Waals surface area contributed by atoms with Crippen LogP contribution in [0.4, 0.5) is 24.5 Å². The van der Waals surface area contributed by atoms with Crippen LogP contribution in [0.1, 0.15) is 23.2 Å². The van der Waals surface area contributed by atoms with Crippen molar-refractivity contribution in [1.29, 1.82) is 0 Å². The van der Waals surface area contributed by atoms with E-state index in [1.54, 1.807) is 4.90 Å². The molecule has 10 heteroatoms. The van der Waals surface area contributed by atoms with Gasteiger partial charge in [-0.25, -0.2) is 0 Å². The number of carbonyl (C=O) groups is 1. The van der Waals surface area contributed by atoms with Gasteiger partial charge in [0.05, 0.1) is 24.1 Å². The van der Waals surface area contributed by atoms with Gasteiger partial charge in [-0.05, 0) is 25.0 Å². The van der Waals surface area contributed by atoms with E-state index in [4.69, 9.17) is 4.74 Å². The van der Waals surface area contributed by atoms with Gasteiger partial charge < -0.3 is 14.5 Å². The summed E-state index contributed by atoms with van der Waals surface area (Å²) in [4.78, 5) is 26.5. The van der Waals surface area contributed by atoms with Crippen molar-refractivity contribution in [1.82, 2.24) is 4.90 Å². The van der Waals surface area contributed by atoms with Crippen LogP contribution in [0.5, 0.6) is 0 Å². The zero-order chi connectivity index (χ0) is 19.6. The highest BCUT2D eigenvalue weighted by Crippen LogP contribution is 2.34. The molecule has 2 heterocycles. The zero-order valence-corrected chi connectivity index (χ0v) is 14.6. The number of halogens is 3. The number of nitrogens with zero attached hydrogens (tertiary/aromatic N) is 3. The average molecular weight is 387 g/mol. The number of likely N-dealkylation sites (tertiary alicyclic amines) is 1. The van der Waals surface area contributed by atoms with E-state index in [9.17, 15) is 28.1 Å². The maximum atomic E-state index is 13.0. The van der Waals surface area contributed by atoms with Gasteiger partial charge in [0.1, 0.15) is 5.69 Å². The maximum absolute atomic E-state index is 13.0. The highest BCUT2D eigenvalue weighted by molar-refractivity contribution is 5.96. The average Bonchev–Trinajstić information content (AvgIpc) is 2.67. The summed E-state index contributed by atoms with van der Waals surface area (Å²) in [5.74, 6) is -2.17. The zero-order valence-electron chi connectivity index (χ0n) is 14.6. The summed E-state index contributed by atoms with van der Waals surface area (Å²) < 4.78 is 44.1. The summed E-state index contributed by atoms with van der Waals surface area (Å²) in [6, 6.07) is 4.09. The normalized spacial score (nSPS) is 21.2. The van der Waals surface area contributed by atoms with Crippen LogP contribution in [0, 0.1) is 16.0 Å². The number of nitro benzene ring substituents is 1. The lowest BCUT2D eigenvalue weighted by Crippen LogP contribution is -2.44. The number of piperidine rings is 1. The van der Waals surface area contributed by atoms with Crippen LogP contribution in [-0.4, -0.2) is 61.3 Å². The van der Waals surface area contributed by atoms with Crippen molar-refractivity contribution < 1.29 is 27.6 Å². The van der Waals surface area contributed by atoms with E-state index in [0.717, 1.165) is 11.0 Å². The molecule has 1 aromatic rings. The molecule has 3 rings (SSSR count). The molecule has 0 aliphatic carbocycles. The Bertz CT molecular complexity index is 720. The van der Waals surface area contributed by atoms with Crippen LogP contribution >= 0.6 is 0 Å². The van der Waals surface area contributed by atoms with Crippen LogP contribution in [0.15, 0.2) is 18.2 Å². The second kappa shape index (κ2) is 7.71. The van der Waals surface area contributed by atoms with E-state index in [2.05, 4.69) is 0 Å². The molecule has 1 atom stereocenters. The first-order chi connectivity index (χ1) is 12.8. The van der Waals surface area contributed by atoms with Crippen LogP contribution in [0.3, 0.4) is 0 Å². The fourth-order valence-corrected chi connectivity index (χ4v) is 3.49. The minimum atomic E-state index is -4.36. The predicted molar refractivity (Wildman–Crippen MR) is 90.8 cm³/mol. The molecule has 2 aliphatic rings. The molecule has 2 saturated heterocycles. The molecule has 0 bridgehead atoms. The van der Waals surface area contributed by atoms with Gasteiger partial charge in [0.15, 0.2) is 0 Å². The van der Waals surface area contributed by atoms with Crippen LogP contribution < -0.4 is 4.90 Å². The highest BCUT2D eigenvalue weighted by atomic mass is 19.4. The van der Waals surface area contributed by atoms with Crippen LogP contribution in [-0.2, 0) is 4.74 Å². The third-order valence-electron chi connectivity index (χ3n) is 4.94. The van der Waals surface area contributed by atoms with Crippen LogP contribution in [0.25, 0.3) is 0 Å². The van der Waals surface area contributed by atoms with Gasteiger partial charge in [-0.2, -0.15) is 13.2 Å². The number of hydrogen-bond acceptors (Lipinski definition) is 5. The topological polar surface area (TPSA) is 75.9 Å². The lowest BCUT2D eigenvalue weighted by atomic mass is 9.96. The van der Waals surface area contributed by atoms with Crippen molar-refractivity contribution in [3.05, 3.63) is 33.9 Å². The van der Waals surface area contributed by atoms with Crippen molar-refractivity contribution in [2.45, 2.75) is 19.0 Å². The first kappa shape index (κ1) is 19.4. The number of carbonyl (C=O) groups excluding carboxylic acids is 1. The molecule has 0 spiro atoms. The quantitative estimate of drug-likeness (QED) is 0.589. The van der Waals surface area contributed by atoms with Gasteiger partial charge in [0.2, 0.25) is 0 Å². The van der Waals surface area contributed by atoms with Gasteiger partial charge >= 0.3 is 6.18 Å². The Morgan fingerprint density at radius 1 is 1.22 bits per heavy atom. The molecule has 0 saturated carbocycles. The molecule has 2 fully saturated rings. The number of ether oxygens (including phenoxy) is 1. The molecular formula is C17H20F3N3O4. The first-order valence-corrected chi connectivity index (χ1v) is 8.74. The summed E-state index contributed by atoms with van der Waals surface area (Å²) >= 11 is 0. The van der Waals surface area contributed by atoms with Gasteiger partial charge in [0, 0.05) is 37.8 Å². The molecule has 2 aliphatic heterocycles. The minimum absolute atomic E-state index is 0.0105. The van der Waals surface area contributed by atoms with Crippen LogP contribution in [0.2, 0.25) is 0 Å². The summed E-state index contributed by atoms with van der Waals surface area (Å²) in [7, 11) is 0. The number of rotatable bonds is 3. The van der Waals surface area contributed by atoms with Gasteiger partial charge in [-0.1, -0.05) is 0 Å². The van der Waals surface area contributed by atoms with E-state index in [1.165, 1.54) is 12.1 Å². The SMILES string of the molecule is O=C(c1ccc(N2CCOCC2)c([N+](=O)[O-])c1)N1CCC[C@@H](C(F)(F)F)C1. The fourth-order valence-electron chi connectivity index (χ4n) is 3.49. The van der Waals surface area contributed by atoms with Crippen molar-refractivity contribution in [3.8, 4) is 0 Å². The molecule has 0 aromatic heterocycles. The Morgan fingerprint density at radius 2 is 1.93 bits per heavy atom. The smallest absolute Gasteiger partial charge is 0.378 e. The number of benzene rings is 1. The Morgan fingerprint density at radius 3 is 2.56 bits per heavy atom. The van der Waals surface area contributed by atoms with E-state index in [-0.39, 0.29) is 30.6 Å². The second-order valence-corrected chi connectivity index (χ2v) is 6.69. The number of morpholine rings is 1. The molecule has 27 heavy (non-hydrogen) atoms. The standard InChI is InChI=1S/C17H20F3N3O4/c18-17(19,20)13-2-1-5-22(11-13)16(24)12-3-4-14(15(10-12)23(25)26)21-6-8-27-9-7-21/h3-4,10,13H,1-2,5-9,11H2/t13-/m1/s1. The summed E-state index contributed by atoms with van der Waals surface area (Å²) in [6.45, 7) is 1.68. The van der Waals surface area contributed by atoms with Crippen molar-refractivity contribution in [2.75, 3.05) is 44.3 Å². The Balaban J connectivity index is 1.82. The monoisotopic (exact) mass is 387 g/mol. The molecular weight excluding hydrogens is 367 g/mol.